The van der Waals surface area contributed by atoms with E-state index in [2.05, 4.69) is 19.2 Å². The summed E-state index contributed by atoms with van der Waals surface area (Å²) in [4.78, 5) is 0. The molecular weight excluding hydrogens is 286 g/mol. The van der Waals surface area contributed by atoms with Crippen molar-refractivity contribution in [1.82, 2.24) is 5.32 Å². The van der Waals surface area contributed by atoms with Gasteiger partial charge in [-0.05, 0) is 49.2 Å². The molecule has 3 nitrogen and oxygen atoms in total. The number of aryl methyl sites for hydroxylation is 1. The fourth-order valence-electron chi connectivity index (χ4n) is 2.06. The number of rotatable bonds is 7. The largest absolute Gasteiger partial charge is 0.489 e. The first kappa shape index (κ1) is 15.9. The van der Waals surface area contributed by atoms with Crippen LogP contribution in [0.1, 0.15) is 30.7 Å². The number of nitrogens with one attached hydrogen (secondary N) is 1. The van der Waals surface area contributed by atoms with E-state index in [1.807, 2.05) is 31.2 Å². The van der Waals surface area contributed by atoms with Crippen LogP contribution in [0, 0.1) is 12.8 Å². The fourth-order valence-corrected chi connectivity index (χ4v) is 2.28. The van der Waals surface area contributed by atoms with Gasteiger partial charge in [0.05, 0.1) is 12.8 Å². The molecule has 0 unspecified atom stereocenters. The molecule has 0 atom stereocenters. The molecule has 0 amide bonds. The number of hydrogen-bond donors (Lipinski definition) is 1. The molecule has 0 saturated carbocycles. The van der Waals surface area contributed by atoms with Gasteiger partial charge in [-0.1, -0.05) is 25.4 Å². The van der Waals surface area contributed by atoms with Crippen LogP contribution in [0.2, 0.25) is 5.02 Å². The highest BCUT2D eigenvalue weighted by Crippen LogP contribution is 2.23. The molecule has 1 aromatic heterocycles. The molecule has 0 bridgehead atoms. The van der Waals surface area contributed by atoms with Crippen LogP contribution in [0.3, 0.4) is 0 Å². The summed E-state index contributed by atoms with van der Waals surface area (Å²) in [5.41, 5.74) is 2.10. The van der Waals surface area contributed by atoms with Crippen molar-refractivity contribution in [2.24, 2.45) is 5.92 Å². The highest BCUT2D eigenvalue weighted by molar-refractivity contribution is 6.30. The average molecular weight is 308 g/mol. The Hall–Kier alpha value is -1.45. The second-order valence-electron chi connectivity index (χ2n) is 5.59. The zero-order valence-electron chi connectivity index (χ0n) is 12.8. The summed E-state index contributed by atoms with van der Waals surface area (Å²) in [5, 5.41) is 4.10. The summed E-state index contributed by atoms with van der Waals surface area (Å²) in [6, 6.07) is 7.59. The minimum atomic E-state index is 0.498. The van der Waals surface area contributed by atoms with E-state index in [0.29, 0.717) is 12.5 Å². The number of halogens is 1. The predicted molar refractivity (Wildman–Crippen MR) is 85.8 cm³/mol. The monoisotopic (exact) mass is 307 g/mol. The van der Waals surface area contributed by atoms with E-state index in [-0.39, 0.29) is 0 Å². The van der Waals surface area contributed by atoms with Crippen molar-refractivity contribution in [3.05, 3.63) is 52.4 Å². The molecule has 4 heteroatoms. The first-order chi connectivity index (χ1) is 10.1. The standard InChI is InChI=1S/C17H22ClNO2/c1-12(2)9-19-10-17-14(6-7-20-17)11-21-16-5-4-15(18)8-13(16)3/h4-8,12,19H,9-11H2,1-3H3. The smallest absolute Gasteiger partial charge is 0.124 e. The lowest BCUT2D eigenvalue weighted by molar-refractivity contribution is 0.299. The van der Waals surface area contributed by atoms with Crippen molar-refractivity contribution < 1.29 is 9.15 Å². The van der Waals surface area contributed by atoms with E-state index in [9.17, 15) is 0 Å². The quantitative estimate of drug-likeness (QED) is 0.814. The molecule has 1 heterocycles. The van der Waals surface area contributed by atoms with E-state index in [1.165, 1.54) is 0 Å². The van der Waals surface area contributed by atoms with Crippen LogP contribution in [0.4, 0.5) is 0 Å². The maximum absolute atomic E-state index is 5.95. The van der Waals surface area contributed by atoms with Crippen molar-refractivity contribution in [1.29, 1.82) is 0 Å². The molecule has 114 valence electrons. The van der Waals surface area contributed by atoms with Crippen LogP contribution in [-0.2, 0) is 13.2 Å². The molecule has 1 aromatic carbocycles. The first-order valence-electron chi connectivity index (χ1n) is 7.21. The zero-order valence-corrected chi connectivity index (χ0v) is 13.5. The minimum absolute atomic E-state index is 0.498. The van der Waals surface area contributed by atoms with E-state index in [0.717, 1.165) is 40.7 Å². The van der Waals surface area contributed by atoms with Crippen LogP contribution in [0.5, 0.6) is 5.75 Å². The van der Waals surface area contributed by atoms with Gasteiger partial charge in [0.1, 0.15) is 18.1 Å². The Labute approximate surface area is 131 Å². The number of hydrogen-bond acceptors (Lipinski definition) is 3. The predicted octanol–water partition coefficient (Wildman–Crippen LogP) is 4.57. The molecule has 0 spiro atoms. The molecule has 0 fully saturated rings. The van der Waals surface area contributed by atoms with Gasteiger partial charge in [-0.25, -0.2) is 0 Å². The van der Waals surface area contributed by atoms with Crippen molar-refractivity contribution in [2.45, 2.75) is 33.9 Å². The summed E-state index contributed by atoms with van der Waals surface area (Å²) in [7, 11) is 0. The first-order valence-corrected chi connectivity index (χ1v) is 7.59. The Kier molecular flexibility index (Phi) is 5.71. The number of ether oxygens (including phenoxy) is 1. The van der Waals surface area contributed by atoms with Gasteiger partial charge in [0.25, 0.3) is 0 Å². The molecule has 0 aliphatic heterocycles. The Bertz CT molecular complexity index is 578. The van der Waals surface area contributed by atoms with Gasteiger partial charge >= 0.3 is 0 Å². The number of furan rings is 1. The molecule has 0 aliphatic rings. The second-order valence-corrected chi connectivity index (χ2v) is 6.03. The van der Waals surface area contributed by atoms with Crippen LogP contribution >= 0.6 is 11.6 Å². The van der Waals surface area contributed by atoms with E-state index in [1.54, 1.807) is 6.26 Å². The Balaban J connectivity index is 1.92. The molecule has 0 aliphatic carbocycles. The van der Waals surface area contributed by atoms with Gasteiger partial charge in [-0.15, -0.1) is 0 Å². The van der Waals surface area contributed by atoms with Gasteiger partial charge in [-0.2, -0.15) is 0 Å². The van der Waals surface area contributed by atoms with E-state index >= 15 is 0 Å². The highest BCUT2D eigenvalue weighted by Gasteiger charge is 2.08. The summed E-state index contributed by atoms with van der Waals surface area (Å²) >= 11 is 5.95. The lowest BCUT2D eigenvalue weighted by Crippen LogP contribution is -2.19. The van der Waals surface area contributed by atoms with E-state index in [4.69, 9.17) is 20.8 Å². The van der Waals surface area contributed by atoms with Crippen molar-refractivity contribution >= 4 is 11.6 Å². The van der Waals surface area contributed by atoms with Gasteiger partial charge < -0.3 is 14.5 Å². The van der Waals surface area contributed by atoms with Gasteiger partial charge in [0.15, 0.2) is 0 Å². The van der Waals surface area contributed by atoms with Crippen LogP contribution in [-0.4, -0.2) is 6.54 Å². The van der Waals surface area contributed by atoms with Crippen LogP contribution in [0.25, 0.3) is 0 Å². The SMILES string of the molecule is Cc1cc(Cl)ccc1OCc1ccoc1CNCC(C)C. The molecule has 2 rings (SSSR count). The van der Waals surface area contributed by atoms with Crippen LogP contribution < -0.4 is 10.1 Å². The fraction of sp³-hybridized carbons (Fsp3) is 0.412. The third-order valence-corrected chi connectivity index (χ3v) is 3.43. The Morgan fingerprint density at radius 2 is 2.10 bits per heavy atom. The van der Waals surface area contributed by atoms with Gasteiger partial charge in [0, 0.05) is 10.6 Å². The molecule has 0 saturated heterocycles. The maximum Gasteiger partial charge on any atom is 0.124 e. The summed E-state index contributed by atoms with van der Waals surface area (Å²) < 4.78 is 11.4. The molecule has 21 heavy (non-hydrogen) atoms. The Morgan fingerprint density at radius 3 is 2.81 bits per heavy atom. The van der Waals surface area contributed by atoms with Gasteiger partial charge in [0.2, 0.25) is 0 Å². The van der Waals surface area contributed by atoms with Crippen LogP contribution in [0.15, 0.2) is 34.9 Å². The number of benzene rings is 1. The lowest BCUT2D eigenvalue weighted by Gasteiger charge is -2.10. The molecule has 1 N–H and O–H groups in total. The molecule has 2 aromatic rings. The summed E-state index contributed by atoms with van der Waals surface area (Å²) in [6.07, 6.45) is 1.71. The van der Waals surface area contributed by atoms with Crippen molar-refractivity contribution in [3.8, 4) is 5.75 Å². The maximum atomic E-state index is 5.95. The minimum Gasteiger partial charge on any atom is -0.489 e. The normalized spacial score (nSPS) is 11.1. The highest BCUT2D eigenvalue weighted by atomic mass is 35.5. The van der Waals surface area contributed by atoms with E-state index < -0.39 is 0 Å². The summed E-state index contributed by atoms with van der Waals surface area (Å²) in [5.74, 6) is 2.40. The second kappa shape index (κ2) is 7.53. The molecular formula is C17H22ClNO2. The zero-order chi connectivity index (χ0) is 15.2. The third-order valence-electron chi connectivity index (χ3n) is 3.20. The van der Waals surface area contributed by atoms with Crippen molar-refractivity contribution in [3.63, 3.8) is 0 Å². The van der Waals surface area contributed by atoms with Crippen molar-refractivity contribution in [2.75, 3.05) is 6.54 Å². The topological polar surface area (TPSA) is 34.4 Å². The molecule has 0 radical (unpaired) electrons. The third kappa shape index (κ3) is 4.80. The average Bonchev–Trinajstić information content (AvgIpc) is 2.85. The Morgan fingerprint density at radius 1 is 1.29 bits per heavy atom. The lowest BCUT2D eigenvalue weighted by atomic mass is 10.2. The van der Waals surface area contributed by atoms with Gasteiger partial charge in [-0.3, -0.25) is 0 Å². The summed E-state index contributed by atoms with van der Waals surface area (Å²) in [6.45, 7) is 8.55.